The topological polar surface area (TPSA) is 71.5 Å². The van der Waals surface area contributed by atoms with E-state index >= 15 is 0 Å². The number of likely N-dealkylation sites (tertiary alicyclic amines) is 1. The van der Waals surface area contributed by atoms with Crippen molar-refractivity contribution in [2.24, 2.45) is 11.8 Å². The van der Waals surface area contributed by atoms with Crippen LogP contribution in [0.4, 0.5) is 10.5 Å². The molecular formula is C33H33N3O3. The Balaban J connectivity index is 1.35. The second-order valence-electron chi connectivity index (χ2n) is 10.7. The number of amides is 2. The molecule has 3 atom stereocenters. The summed E-state index contributed by atoms with van der Waals surface area (Å²) < 4.78 is 5.80. The minimum atomic E-state index is -0.694. The number of para-hydroxylation sites is 1. The van der Waals surface area contributed by atoms with E-state index in [4.69, 9.17) is 4.74 Å². The molecule has 0 spiro atoms. The fourth-order valence-corrected chi connectivity index (χ4v) is 6.52. The monoisotopic (exact) mass is 519 g/mol. The fraction of sp³-hybridized carbons (Fsp3) is 0.303. The molecule has 6 rings (SSSR count). The minimum Gasteiger partial charge on any atom is -0.445 e. The van der Waals surface area contributed by atoms with Crippen LogP contribution < -0.4 is 5.32 Å². The average molecular weight is 520 g/mol. The Hall–Kier alpha value is -4.19. The molecule has 2 fully saturated rings. The third-order valence-corrected chi connectivity index (χ3v) is 8.33. The summed E-state index contributed by atoms with van der Waals surface area (Å²) in [6.07, 6.45) is 5.92. The van der Waals surface area contributed by atoms with Gasteiger partial charge in [0.05, 0.1) is 11.2 Å². The maximum atomic E-state index is 14.2. The Bertz CT molecular complexity index is 1430. The van der Waals surface area contributed by atoms with Crippen LogP contribution in [0.2, 0.25) is 0 Å². The second kappa shape index (κ2) is 11.3. The van der Waals surface area contributed by atoms with Gasteiger partial charge < -0.3 is 10.1 Å². The largest absolute Gasteiger partial charge is 0.445 e. The summed E-state index contributed by atoms with van der Waals surface area (Å²) in [5.74, 6) is 0.317. The molecule has 3 aromatic carbocycles. The van der Waals surface area contributed by atoms with Crippen molar-refractivity contribution in [2.75, 3.05) is 11.9 Å². The zero-order valence-electron chi connectivity index (χ0n) is 21.9. The Kier molecular flexibility index (Phi) is 7.26. The fourth-order valence-electron chi connectivity index (χ4n) is 6.52. The molecule has 1 saturated carbocycles. The summed E-state index contributed by atoms with van der Waals surface area (Å²) in [6.45, 7) is 0.672. The Morgan fingerprint density at radius 2 is 1.59 bits per heavy atom. The zero-order valence-corrected chi connectivity index (χ0v) is 21.9. The maximum absolute atomic E-state index is 14.2. The summed E-state index contributed by atoms with van der Waals surface area (Å²) in [7, 11) is 0. The first-order valence-corrected chi connectivity index (χ1v) is 13.9. The van der Waals surface area contributed by atoms with Crippen LogP contribution in [0.15, 0.2) is 97.2 Å². The van der Waals surface area contributed by atoms with E-state index in [9.17, 15) is 9.59 Å². The molecule has 1 saturated heterocycles. The summed E-state index contributed by atoms with van der Waals surface area (Å²) in [6, 6.07) is 28.8. The van der Waals surface area contributed by atoms with Crippen LogP contribution in [0.1, 0.15) is 42.7 Å². The number of ether oxygens (including phenoxy) is 1. The van der Waals surface area contributed by atoms with E-state index in [0.29, 0.717) is 18.2 Å². The Morgan fingerprint density at radius 3 is 2.36 bits per heavy atom. The Labute approximate surface area is 229 Å². The van der Waals surface area contributed by atoms with Gasteiger partial charge in [0.2, 0.25) is 5.91 Å². The third kappa shape index (κ3) is 5.24. The molecule has 2 amide bonds. The number of anilines is 1. The standard InChI is InChI=1S/C33H33N3O3/c37-32(35-28-19-9-17-26-18-10-20-34-30(26)28)31-29(25-15-5-2-6-16-25)27(24-13-7-8-14-24)21-36(31)33(38)39-22-23-11-3-1-4-12-23/h1-6,9-12,15-20,24,27,29,31H,7-8,13-14,21-22H2,(H,35,37)/t27-,29-,31+/m1/s1. The number of fused-ring (bicyclic) bond motifs is 1. The van der Waals surface area contributed by atoms with E-state index in [2.05, 4.69) is 22.4 Å². The summed E-state index contributed by atoms with van der Waals surface area (Å²) in [4.78, 5) is 34.0. The van der Waals surface area contributed by atoms with E-state index in [0.717, 1.165) is 34.9 Å². The van der Waals surface area contributed by atoms with Gasteiger partial charge in [-0.05, 0) is 35.1 Å². The number of rotatable bonds is 6. The van der Waals surface area contributed by atoms with Crippen molar-refractivity contribution in [1.82, 2.24) is 9.88 Å². The molecule has 1 aromatic heterocycles. The van der Waals surface area contributed by atoms with E-state index in [1.807, 2.05) is 78.9 Å². The molecule has 6 nitrogen and oxygen atoms in total. The van der Waals surface area contributed by atoms with Crippen molar-refractivity contribution in [3.63, 3.8) is 0 Å². The van der Waals surface area contributed by atoms with Gasteiger partial charge in [0, 0.05) is 24.0 Å². The van der Waals surface area contributed by atoms with E-state index in [1.165, 1.54) is 12.8 Å². The van der Waals surface area contributed by atoms with Crippen molar-refractivity contribution in [3.05, 3.63) is 108 Å². The van der Waals surface area contributed by atoms with Gasteiger partial charge in [0.15, 0.2) is 0 Å². The molecule has 0 unspecified atom stereocenters. The molecule has 0 radical (unpaired) electrons. The van der Waals surface area contributed by atoms with Gasteiger partial charge in [0.25, 0.3) is 0 Å². The van der Waals surface area contributed by atoms with Gasteiger partial charge in [0.1, 0.15) is 12.6 Å². The number of nitrogens with one attached hydrogen (secondary N) is 1. The van der Waals surface area contributed by atoms with Gasteiger partial charge in [-0.25, -0.2) is 4.79 Å². The van der Waals surface area contributed by atoms with Crippen LogP contribution >= 0.6 is 0 Å². The number of carbonyl (C=O) groups is 2. The highest BCUT2D eigenvalue weighted by Gasteiger charge is 2.51. The number of nitrogens with zero attached hydrogens (tertiary/aromatic N) is 2. The average Bonchev–Trinajstić information content (AvgIpc) is 3.66. The first kappa shape index (κ1) is 25.1. The van der Waals surface area contributed by atoms with Gasteiger partial charge in [-0.3, -0.25) is 14.7 Å². The molecule has 2 heterocycles. The van der Waals surface area contributed by atoms with Crippen LogP contribution in [0.25, 0.3) is 10.9 Å². The first-order valence-electron chi connectivity index (χ1n) is 13.9. The van der Waals surface area contributed by atoms with Crippen LogP contribution in [-0.4, -0.2) is 34.5 Å². The molecule has 1 aliphatic carbocycles. The molecule has 0 bridgehead atoms. The lowest BCUT2D eigenvalue weighted by atomic mass is 9.76. The molecular weight excluding hydrogens is 486 g/mol. The normalized spacial score (nSPS) is 21.2. The van der Waals surface area contributed by atoms with Crippen molar-refractivity contribution >= 4 is 28.6 Å². The molecule has 1 N–H and O–H groups in total. The van der Waals surface area contributed by atoms with Crippen molar-refractivity contribution in [2.45, 2.75) is 44.2 Å². The highest BCUT2D eigenvalue weighted by atomic mass is 16.6. The summed E-state index contributed by atoms with van der Waals surface area (Å²) >= 11 is 0. The number of benzene rings is 3. The first-order chi connectivity index (χ1) is 19.2. The molecule has 39 heavy (non-hydrogen) atoms. The van der Waals surface area contributed by atoms with Crippen LogP contribution in [0.3, 0.4) is 0 Å². The lowest BCUT2D eigenvalue weighted by Gasteiger charge is -2.29. The molecule has 198 valence electrons. The predicted octanol–water partition coefficient (Wildman–Crippen LogP) is 6.78. The van der Waals surface area contributed by atoms with Crippen molar-refractivity contribution in [3.8, 4) is 0 Å². The maximum Gasteiger partial charge on any atom is 0.410 e. The Morgan fingerprint density at radius 1 is 0.872 bits per heavy atom. The zero-order chi connectivity index (χ0) is 26.6. The third-order valence-electron chi connectivity index (χ3n) is 8.33. The highest BCUT2D eigenvalue weighted by Crippen LogP contribution is 2.47. The van der Waals surface area contributed by atoms with Gasteiger partial charge in [-0.15, -0.1) is 0 Å². The summed E-state index contributed by atoms with van der Waals surface area (Å²) in [5, 5.41) is 4.09. The molecule has 2 aliphatic rings. The van der Waals surface area contributed by atoms with Gasteiger partial charge in [-0.1, -0.05) is 105 Å². The number of pyridine rings is 1. The molecule has 1 aliphatic heterocycles. The SMILES string of the molecule is O=C(Nc1cccc2cccnc12)[C@@H]1[C@H](c2ccccc2)[C@@H](C2CCCC2)CN1C(=O)OCc1ccccc1. The molecule has 4 aromatic rings. The van der Waals surface area contributed by atoms with E-state index in [1.54, 1.807) is 11.1 Å². The lowest BCUT2D eigenvalue weighted by Crippen LogP contribution is -2.45. The van der Waals surface area contributed by atoms with E-state index in [-0.39, 0.29) is 24.3 Å². The smallest absolute Gasteiger partial charge is 0.410 e. The van der Waals surface area contributed by atoms with Crippen molar-refractivity contribution in [1.29, 1.82) is 0 Å². The minimum absolute atomic E-state index is 0.124. The van der Waals surface area contributed by atoms with E-state index < -0.39 is 12.1 Å². The second-order valence-corrected chi connectivity index (χ2v) is 10.7. The van der Waals surface area contributed by atoms with Crippen LogP contribution in [0, 0.1) is 11.8 Å². The summed E-state index contributed by atoms with van der Waals surface area (Å²) in [5.41, 5.74) is 3.38. The molecule has 6 heteroatoms. The number of hydrogen-bond donors (Lipinski definition) is 1. The predicted molar refractivity (Wildman–Crippen MR) is 152 cm³/mol. The lowest BCUT2D eigenvalue weighted by molar-refractivity contribution is -0.120. The number of aromatic nitrogens is 1. The quantitative estimate of drug-likeness (QED) is 0.305. The number of hydrogen-bond acceptors (Lipinski definition) is 4. The highest BCUT2D eigenvalue weighted by molar-refractivity contribution is 6.03. The van der Waals surface area contributed by atoms with Gasteiger partial charge >= 0.3 is 6.09 Å². The van der Waals surface area contributed by atoms with Gasteiger partial charge in [-0.2, -0.15) is 0 Å². The van der Waals surface area contributed by atoms with Crippen molar-refractivity contribution < 1.29 is 14.3 Å². The van der Waals surface area contributed by atoms with Crippen LogP contribution in [-0.2, 0) is 16.1 Å². The number of carbonyl (C=O) groups excluding carboxylic acids is 2. The van der Waals surface area contributed by atoms with Crippen LogP contribution in [0.5, 0.6) is 0 Å².